The Bertz CT molecular complexity index is 668. The topological polar surface area (TPSA) is 73.3 Å². The van der Waals surface area contributed by atoms with Gasteiger partial charge in [-0.2, -0.15) is 0 Å². The van der Waals surface area contributed by atoms with Crippen LogP contribution in [0.2, 0.25) is 0 Å². The molecule has 0 unspecified atom stereocenters. The Hall–Kier alpha value is -1.99. The van der Waals surface area contributed by atoms with E-state index in [1.807, 2.05) is 12.1 Å². The lowest BCUT2D eigenvalue weighted by molar-refractivity contribution is -0.0855. The fraction of sp³-hybridized carbons (Fsp3) is 0.682. The van der Waals surface area contributed by atoms with E-state index in [1.165, 1.54) is 12.8 Å². The Morgan fingerprint density at radius 3 is 2.59 bits per heavy atom. The number of guanidine groups is 1. The van der Waals surface area contributed by atoms with Crippen LogP contribution in [0.1, 0.15) is 44.1 Å². The van der Waals surface area contributed by atoms with Gasteiger partial charge in [0, 0.05) is 58.9 Å². The first kappa shape index (κ1) is 21.7. The molecular formula is C22H35N3O4. The normalized spacial score (nSPS) is 19.8. The number of nitrogens with one attached hydrogen (secondary N) is 2. The van der Waals surface area contributed by atoms with Crippen LogP contribution >= 0.6 is 0 Å². The summed E-state index contributed by atoms with van der Waals surface area (Å²) >= 11 is 0. The molecule has 0 aromatic heterocycles. The number of para-hydroxylation sites is 1. The number of methoxy groups -OCH3 is 2. The number of hydrogen-bond acceptors (Lipinski definition) is 5. The molecule has 1 aliphatic carbocycles. The molecule has 2 aliphatic rings. The molecular weight excluding hydrogens is 370 g/mol. The monoisotopic (exact) mass is 405 g/mol. The average Bonchev–Trinajstić information content (AvgIpc) is 3.28. The van der Waals surface area contributed by atoms with Crippen LogP contribution < -0.4 is 20.1 Å². The highest BCUT2D eigenvalue weighted by Crippen LogP contribution is 2.34. The van der Waals surface area contributed by atoms with Gasteiger partial charge in [-0.3, -0.25) is 4.99 Å². The van der Waals surface area contributed by atoms with Gasteiger partial charge in [-0.15, -0.1) is 0 Å². The first-order valence-corrected chi connectivity index (χ1v) is 10.6. The summed E-state index contributed by atoms with van der Waals surface area (Å²) in [5.74, 6) is 2.35. The van der Waals surface area contributed by atoms with Gasteiger partial charge >= 0.3 is 0 Å². The Balaban J connectivity index is 1.61. The molecule has 7 heteroatoms. The minimum Gasteiger partial charge on any atom is -0.493 e. The molecule has 0 amide bonds. The number of hydrogen-bond donors (Lipinski definition) is 2. The number of benzene rings is 1. The van der Waals surface area contributed by atoms with Crippen molar-refractivity contribution in [1.82, 2.24) is 10.6 Å². The zero-order valence-corrected chi connectivity index (χ0v) is 18.0. The predicted molar refractivity (Wildman–Crippen MR) is 114 cm³/mol. The maximum Gasteiger partial charge on any atom is 0.191 e. The number of rotatable bonds is 8. The molecule has 29 heavy (non-hydrogen) atoms. The second-order valence-corrected chi connectivity index (χ2v) is 7.75. The van der Waals surface area contributed by atoms with Crippen molar-refractivity contribution in [3.8, 4) is 11.5 Å². The summed E-state index contributed by atoms with van der Waals surface area (Å²) in [5.41, 5.74) is 0.856. The van der Waals surface area contributed by atoms with Crippen molar-refractivity contribution in [2.24, 2.45) is 4.99 Å². The summed E-state index contributed by atoms with van der Waals surface area (Å²) in [4.78, 5) is 4.36. The van der Waals surface area contributed by atoms with E-state index in [4.69, 9.17) is 18.9 Å². The van der Waals surface area contributed by atoms with E-state index in [1.54, 1.807) is 21.3 Å². The maximum atomic E-state index is 6.32. The van der Waals surface area contributed by atoms with Crippen LogP contribution in [-0.2, 0) is 16.0 Å². The zero-order chi connectivity index (χ0) is 20.5. The van der Waals surface area contributed by atoms with E-state index < -0.39 is 0 Å². The van der Waals surface area contributed by atoms with Crippen LogP contribution in [0.4, 0.5) is 0 Å². The third-order valence-corrected chi connectivity index (χ3v) is 5.95. The predicted octanol–water partition coefficient (Wildman–Crippen LogP) is 2.88. The molecule has 0 spiro atoms. The summed E-state index contributed by atoms with van der Waals surface area (Å²) in [6.45, 7) is 2.75. The molecule has 1 aromatic rings. The number of nitrogens with zero attached hydrogens (tertiary/aromatic N) is 1. The molecule has 1 saturated heterocycles. The third kappa shape index (κ3) is 5.76. The molecule has 1 heterocycles. The van der Waals surface area contributed by atoms with E-state index >= 15 is 0 Å². The summed E-state index contributed by atoms with van der Waals surface area (Å²) in [5, 5.41) is 6.81. The van der Waals surface area contributed by atoms with Crippen molar-refractivity contribution >= 4 is 5.96 Å². The number of aliphatic imine (C=N–C) groups is 1. The van der Waals surface area contributed by atoms with E-state index in [2.05, 4.69) is 21.7 Å². The van der Waals surface area contributed by atoms with Gasteiger partial charge in [0.15, 0.2) is 17.5 Å². The van der Waals surface area contributed by atoms with E-state index in [0.29, 0.717) is 13.1 Å². The van der Waals surface area contributed by atoms with Crippen LogP contribution in [0.5, 0.6) is 11.5 Å². The van der Waals surface area contributed by atoms with Crippen molar-refractivity contribution in [2.45, 2.75) is 56.8 Å². The highest BCUT2D eigenvalue weighted by atomic mass is 16.5. The van der Waals surface area contributed by atoms with E-state index in [-0.39, 0.29) is 11.7 Å². The Kier molecular flexibility index (Phi) is 8.00. The van der Waals surface area contributed by atoms with Crippen LogP contribution in [0.3, 0.4) is 0 Å². The molecule has 7 nitrogen and oxygen atoms in total. The highest BCUT2D eigenvalue weighted by Gasteiger charge is 2.32. The van der Waals surface area contributed by atoms with Gasteiger partial charge in [0.25, 0.3) is 0 Å². The van der Waals surface area contributed by atoms with Crippen LogP contribution in [0.15, 0.2) is 23.2 Å². The number of ether oxygens (including phenoxy) is 4. The van der Waals surface area contributed by atoms with Crippen LogP contribution in [-0.4, -0.2) is 58.7 Å². The van der Waals surface area contributed by atoms with Crippen molar-refractivity contribution < 1.29 is 18.9 Å². The lowest BCUT2D eigenvalue weighted by Crippen LogP contribution is -2.50. The zero-order valence-electron chi connectivity index (χ0n) is 18.0. The molecule has 1 aromatic carbocycles. The summed E-state index contributed by atoms with van der Waals surface area (Å²) < 4.78 is 23.2. The molecule has 2 N–H and O–H groups in total. The van der Waals surface area contributed by atoms with Crippen LogP contribution in [0, 0.1) is 0 Å². The largest absolute Gasteiger partial charge is 0.493 e. The van der Waals surface area contributed by atoms with Crippen molar-refractivity contribution in [1.29, 1.82) is 0 Å². The van der Waals surface area contributed by atoms with Gasteiger partial charge in [0.05, 0.1) is 18.8 Å². The fourth-order valence-electron chi connectivity index (χ4n) is 4.01. The average molecular weight is 406 g/mol. The quantitative estimate of drug-likeness (QED) is 0.512. The second-order valence-electron chi connectivity index (χ2n) is 7.75. The molecule has 162 valence electrons. The smallest absolute Gasteiger partial charge is 0.191 e. The molecule has 3 rings (SSSR count). The third-order valence-electron chi connectivity index (χ3n) is 5.95. The molecule has 0 radical (unpaired) electrons. The lowest BCUT2D eigenvalue weighted by atomic mass is 9.94. The van der Waals surface area contributed by atoms with E-state index in [9.17, 15) is 0 Å². The highest BCUT2D eigenvalue weighted by molar-refractivity contribution is 5.79. The van der Waals surface area contributed by atoms with E-state index in [0.717, 1.165) is 61.9 Å². The first-order valence-electron chi connectivity index (χ1n) is 10.6. The van der Waals surface area contributed by atoms with Gasteiger partial charge in [0.1, 0.15) is 0 Å². The molecule has 0 atom stereocenters. The van der Waals surface area contributed by atoms with Gasteiger partial charge in [-0.05, 0) is 31.7 Å². The minimum atomic E-state index is -0.206. The van der Waals surface area contributed by atoms with Gasteiger partial charge in [-0.25, -0.2) is 0 Å². The lowest BCUT2D eigenvalue weighted by Gasteiger charge is -2.36. The second kappa shape index (κ2) is 10.7. The van der Waals surface area contributed by atoms with Crippen molar-refractivity contribution in [2.75, 3.05) is 41.0 Å². The molecule has 0 bridgehead atoms. The summed E-state index contributed by atoms with van der Waals surface area (Å²) in [6, 6.07) is 6.02. The van der Waals surface area contributed by atoms with Gasteiger partial charge < -0.3 is 29.6 Å². The maximum absolute atomic E-state index is 6.32. The molecule has 2 fully saturated rings. The fourth-order valence-corrected chi connectivity index (χ4v) is 4.01. The van der Waals surface area contributed by atoms with Crippen molar-refractivity contribution in [3.63, 3.8) is 0 Å². The summed E-state index contributed by atoms with van der Waals surface area (Å²) in [6.07, 6.45) is 6.71. The standard InChI is InChI=1S/C22H35N3O4/c1-23-21(25-16-22(27-3)11-13-28-14-12-22)24-15-17-7-6-10-19(26-2)20(17)29-18-8-4-5-9-18/h6-7,10,18H,4-5,8-9,11-16H2,1-3H3,(H2,23,24,25). The van der Waals surface area contributed by atoms with Gasteiger partial charge in [-0.1, -0.05) is 12.1 Å². The Morgan fingerprint density at radius 2 is 1.93 bits per heavy atom. The van der Waals surface area contributed by atoms with Crippen molar-refractivity contribution in [3.05, 3.63) is 23.8 Å². The Morgan fingerprint density at radius 1 is 1.17 bits per heavy atom. The first-order chi connectivity index (χ1) is 14.2. The molecule has 1 saturated carbocycles. The molecule has 1 aliphatic heterocycles. The Labute approximate surface area is 174 Å². The summed E-state index contributed by atoms with van der Waals surface area (Å²) in [7, 11) is 5.24. The van der Waals surface area contributed by atoms with Gasteiger partial charge in [0.2, 0.25) is 0 Å². The van der Waals surface area contributed by atoms with Crippen LogP contribution in [0.25, 0.3) is 0 Å². The minimum absolute atomic E-state index is 0.206. The SMILES string of the molecule is CN=C(NCc1cccc(OC)c1OC1CCCC1)NCC1(OC)CCOCC1.